The number of unbranched alkanes of at least 4 members (excludes halogenated alkanes) is 28. The van der Waals surface area contributed by atoms with Crippen molar-refractivity contribution in [2.24, 2.45) is 5.41 Å². The maximum atomic E-state index is 12.8. The van der Waals surface area contributed by atoms with Gasteiger partial charge in [0.15, 0.2) is 6.10 Å². The number of hydrogen-bond donors (Lipinski definition) is 2. The van der Waals surface area contributed by atoms with E-state index >= 15 is 0 Å². The topological polar surface area (TPSA) is 130 Å². The van der Waals surface area contributed by atoms with Crippen LogP contribution >= 0.6 is 7.82 Å². The molecule has 2 N–H and O–H groups in total. The highest BCUT2D eigenvalue weighted by molar-refractivity contribution is 7.47. The van der Waals surface area contributed by atoms with Gasteiger partial charge in [-0.2, -0.15) is 0 Å². The van der Waals surface area contributed by atoms with Crippen LogP contribution in [0.2, 0.25) is 0 Å². The zero-order valence-electron chi connectivity index (χ0n) is 41.6. The van der Waals surface area contributed by atoms with Gasteiger partial charge in [0.25, 0.3) is 0 Å². The van der Waals surface area contributed by atoms with Crippen molar-refractivity contribution in [2.75, 3.05) is 33.0 Å². The molecule has 0 aromatic carbocycles. The number of carbonyl (C=O) groups excluding carboxylic acids is 2. The van der Waals surface area contributed by atoms with Crippen molar-refractivity contribution < 1.29 is 42.3 Å². The number of phosphoric acid groups is 1. The Morgan fingerprint density at radius 2 is 0.935 bits per heavy atom. The molecule has 0 aliphatic heterocycles. The van der Waals surface area contributed by atoms with Crippen molar-refractivity contribution in [3.8, 4) is 0 Å². The normalized spacial score (nSPS) is 13.5. The first-order chi connectivity index (χ1) is 29.6. The van der Waals surface area contributed by atoms with Crippen LogP contribution in [0.1, 0.15) is 254 Å². The Labute approximate surface area is 382 Å². The summed E-state index contributed by atoms with van der Waals surface area (Å²) in [7, 11) is -4.51. The van der Waals surface area contributed by atoms with Crippen LogP contribution in [-0.4, -0.2) is 61.5 Å². The fourth-order valence-electron chi connectivity index (χ4n) is 7.17. The largest absolute Gasteiger partial charge is 0.472 e. The number of hydrogen-bond acceptors (Lipinski definition) is 9. The number of carbonyl (C=O) groups is 2. The Balaban J connectivity index is 4.62. The van der Waals surface area contributed by atoms with E-state index in [-0.39, 0.29) is 44.0 Å². The zero-order chi connectivity index (χ0) is 46.2. The van der Waals surface area contributed by atoms with Gasteiger partial charge in [-0.15, -0.1) is 0 Å². The van der Waals surface area contributed by atoms with Gasteiger partial charge in [-0.05, 0) is 32.1 Å². The minimum Gasteiger partial charge on any atom is -0.462 e. The van der Waals surface area contributed by atoms with Gasteiger partial charge in [-0.3, -0.25) is 18.6 Å². The summed E-state index contributed by atoms with van der Waals surface area (Å²) in [6.07, 6.45) is 36.7. The fourth-order valence-corrected chi connectivity index (χ4v) is 7.93. The third kappa shape index (κ3) is 41.3. The summed E-state index contributed by atoms with van der Waals surface area (Å²) in [4.78, 5) is 35.9. The van der Waals surface area contributed by atoms with Crippen LogP contribution < -0.4 is 5.32 Å². The highest BCUT2D eigenvalue weighted by Crippen LogP contribution is 2.43. The molecule has 2 atom stereocenters. The first-order valence-corrected chi connectivity index (χ1v) is 27.2. The van der Waals surface area contributed by atoms with Crippen molar-refractivity contribution >= 4 is 19.8 Å². The molecule has 0 aliphatic carbocycles. The van der Waals surface area contributed by atoms with Gasteiger partial charge in [0.1, 0.15) is 12.2 Å². The van der Waals surface area contributed by atoms with Gasteiger partial charge in [0, 0.05) is 25.1 Å². The fraction of sp³-hybridized carbons (Fsp3) is 0.922. The lowest BCUT2D eigenvalue weighted by Gasteiger charge is -2.32. The van der Waals surface area contributed by atoms with Crippen LogP contribution in [-0.2, 0) is 37.4 Å². The van der Waals surface area contributed by atoms with Gasteiger partial charge in [-0.25, -0.2) is 4.57 Å². The number of rotatable bonds is 46. The molecule has 0 heterocycles. The Hall–Kier alpha value is -1.45. The molecule has 62 heavy (non-hydrogen) atoms. The molecule has 0 aliphatic rings. The van der Waals surface area contributed by atoms with Crippen molar-refractivity contribution in [2.45, 2.75) is 266 Å². The van der Waals surface area contributed by atoms with E-state index in [1.54, 1.807) is 0 Å². The molecule has 0 spiro atoms. The summed E-state index contributed by atoms with van der Waals surface area (Å²) in [6.45, 7) is 18.6. The molecular weight excluding hydrogens is 802 g/mol. The molecule has 0 bridgehead atoms. The predicted molar refractivity (Wildman–Crippen MR) is 258 cm³/mol. The van der Waals surface area contributed by atoms with Crippen LogP contribution in [0.4, 0.5) is 0 Å². The third-order valence-electron chi connectivity index (χ3n) is 11.4. The molecule has 0 saturated heterocycles. The maximum absolute atomic E-state index is 12.8. The van der Waals surface area contributed by atoms with Crippen molar-refractivity contribution in [3.05, 3.63) is 12.3 Å². The minimum absolute atomic E-state index is 0.0106. The Morgan fingerprint density at radius 3 is 1.32 bits per heavy atom. The van der Waals surface area contributed by atoms with Crippen LogP contribution in [0.25, 0.3) is 0 Å². The third-order valence-corrected chi connectivity index (χ3v) is 12.4. The van der Waals surface area contributed by atoms with Crippen LogP contribution in [0.5, 0.6) is 0 Å². The molecule has 10 nitrogen and oxygen atoms in total. The van der Waals surface area contributed by atoms with E-state index in [1.165, 1.54) is 148 Å². The molecule has 0 rings (SSSR count). The molecule has 0 amide bonds. The second kappa shape index (κ2) is 39.9. The number of ether oxygens (including phenoxy) is 3. The summed E-state index contributed by atoms with van der Waals surface area (Å²) in [5.41, 5.74) is -0.0466. The molecular formula is C51H100NO9P. The Bertz CT molecular complexity index is 1130. The van der Waals surface area contributed by atoms with Crippen LogP contribution in [0.3, 0.4) is 0 Å². The highest BCUT2D eigenvalue weighted by Gasteiger charge is 2.28. The van der Waals surface area contributed by atoms with E-state index in [0.717, 1.165) is 38.5 Å². The molecule has 0 fully saturated rings. The first-order valence-electron chi connectivity index (χ1n) is 25.7. The number of phosphoric ester groups is 1. The molecule has 368 valence electrons. The van der Waals surface area contributed by atoms with Crippen LogP contribution in [0.15, 0.2) is 12.3 Å². The van der Waals surface area contributed by atoms with E-state index in [1.807, 2.05) is 13.8 Å². The Morgan fingerprint density at radius 1 is 0.565 bits per heavy atom. The number of nitrogens with one attached hydrogen (secondary N) is 1. The lowest BCUT2D eigenvalue weighted by Crippen LogP contribution is -2.38. The van der Waals surface area contributed by atoms with E-state index in [9.17, 15) is 19.0 Å². The van der Waals surface area contributed by atoms with E-state index < -0.39 is 32.1 Å². The summed E-state index contributed by atoms with van der Waals surface area (Å²) < 4.78 is 40.3. The molecule has 0 radical (unpaired) electrons. The zero-order valence-corrected chi connectivity index (χ0v) is 42.5. The van der Waals surface area contributed by atoms with Gasteiger partial charge in [0.05, 0.1) is 19.8 Å². The SMILES string of the molecule is C=C(NCCOP(=O)(O)OC[C@@H](COC(=O)CCCCCCCCCCCCCCCCC)OC(=O)CCCCCCCCCCCCCCCCC)C(C)(C)OCC(C)(C)C. The second-order valence-electron chi connectivity index (χ2n) is 19.6. The molecule has 11 heteroatoms. The van der Waals surface area contributed by atoms with Crippen molar-refractivity contribution in [3.63, 3.8) is 0 Å². The van der Waals surface area contributed by atoms with Crippen molar-refractivity contribution in [1.82, 2.24) is 5.32 Å². The number of esters is 2. The second-order valence-corrected chi connectivity index (χ2v) is 21.0. The van der Waals surface area contributed by atoms with E-state index in [2.05, 4.69) is 46.5 Å². The monoisotopic (exact) mass is 902 g/mol. The van der Waals surface area contributed by atoms with Gasteiger partial charge >= 0.3 is 19.8 Å². The summed E-state index contributed by atoms with van der Waals surface area (Å²) in [6, 6.07) is 0. The lowest BCUT2D eigenvalue weighted by atomic mass is 9.97. The lowest BCUT2D eigenvalue weighted by molar-refractivity contribution is -0.161. The summed E-state index contributed by atoms with van der Waals surface area (Å²) >= 11 is 0. The molecule has 0 saturated carbocycles. The van der Waals surface area contributed by atoms with E-state index in [0.29, 0.717) is 18.7 Å². The molecule has 1 unspecified atom stereocenters. The van der Waals surface area contributed by atoms with Crippen LogP contribution in [0, 0.1) is 5.41 Å². The van der Waals surface area contributed by atoms with Gasteiger partial charge < -0.3 is 24.4 Å². The average molecular weight is 902 g/mol. The molecule has 0 aromatic rings. The maximum Gasteiger partial charge on any atom is 0.472 e. The predicted octanol–water partition coefficient (Wildman–Crippen LogP) is 15.0. The standard InChI is InChI=1S/C51H100NO9P/c1-9-11-13-15-17-19-21-23-25-27-29-31-33-35-37-39-48(53)57-43-47(44-60-62(55,56)59-42-41-52-46(3)51(7,8)58-45-50(4,5)6)61-49(54)40-38-36-34-32-30-28-26-24-22-20-18-16-14-12-10-2/h47,52H,3,9-45H2,1-2,4-8H3,(H,55,56)/t47-/m1/s1. The summed E-state index contributed by atoms with van der Waals surface area (Å²) in [5.74, 6) is -0.827. The minimum atomic E-state index is -4.51. The quantitative estimate of drug-likeness (QED) is 0.0346. The van der Waals surface area contributed by atoms with E-state index in [4.69, 9.17) is 23.3 Å². The van der Waals surface area contributed by atoms with Gasteiger partial charge in [-0.1, -0.05) is 221 Å². The van der Waals surface area contributed by atoms with Gasteiger partial charge in [0.2, 0.25) is 0 Å². The van der Waals surface area contributed by atoms with Crippen molar-refractivity contribution in [1.29, 1.82) is 0 Å². The first kappa shape index (κ1) is 60.5. The summed E-state index contributed by atoms with van der Waals surface area (Å²) in [5, 5.41) is 3.10. The smallest absolute Gasteiger partial charge is 0.462 e. The highest BCUT2D eigenvalue weighted by atomic mass is 31.2. The Kier molecular flexibility index (Phi) is 38.9. The average Bonchev–Trinajstić information content (AvgIpc) is 3.22. The molecule has 0 aromatic heterocycles.